The third-order valence-electron chi connectivity index (χ3n) is 3.75. The second-order valence-electron chi connectivity index (χ2n) is 5.80. The average Bonchev–Trinajstić information content (AvgIpc) is 2.51. The highest BCUT2D eigenvalue weighted by molar-refractivity contribution is 5.25. The van der Waals surface area contributed by atoms with Crippen molar-refractivity contribution in [3.05, 3.63) is 29.8 Å². The van der Waals surface area contributed by atoms with Crippen molar-refractivity contribution in [3.63, 3.8) is 0 Å². The lowest BCUT2D eigenvalue weighted by Crippen LogP contribution is -2.66. The van der Waals surface area contributed by atoms with E-state index in [4.69, 9.17) is 5.11 Å². The van der Waals surface area contributed by atoms with Crippen LogP contribution in [0.2, 0.25) is 0 Å². The Kier molecular flexibility index (Phi) is 6.33. The summed E-state index contributed by atoms with van der Waals surface area (Å²) in [5.41, 5.74) is 0.469. The number of phenolic OH excluding ortho intramolecular Hbond substituents is 1. The molecule has 0 spiro atoms. The summed E-state index contributed by atoms with van der Waals surface area (Å²) < 4.78 is 141. The minimum absolute atomic E-state index is 0.00294. The van der Waals surface area contributed by atoms with Crippen LogP contribution in [-0.4, -0.2) is 35.0 Å². The molecule has 1 rings (SSSR count). The summed E-state index contributed by atoms with van der Waals surface area (Å²) in [6, 6.07) is 5.19. The van der Waals surface area contributed by atoms with Crippen LogP contribution < -0.4 is 0 Å². The third-order valence-corrected chi connectivity index (χ3v) is 3.75. The van der Waals surface area contributed by atoms with Crippen molar-refractivity contribution in [3.8, 4) is 5.75 Å². The molecule has 0 atom stereocenters. The number of rotatable bonds is 8. The SMILES string of the molecule is Oc1ccc(CCCCC(F)(F)C(F)(F)C(F)(F)C(F)(F)C(F)(F)F)cc1. The molecular weight excluding hydrogens is 405 g/mol. The molecule has 156 valence electrons. The number of phenols is 1. The van der Waals surface area contributed by atoms with E-state index < -0.39 is 42.7 Å². The molecule has 0 aromatic heterocycles. The Bertz CT molecular complexity index is 620. The van der Waals surface area contributed by atoms with E-state index in [1.807, 2.05) is 0 Å². The molecule has 0 heterocycles. The quantitative estimate of drug-likeness (QED) is 0.393. The van der Waals surface area contributed by atoms with Gasteiger partial charge in [0.25, 0.3) is 0 Å². The first kappa shape index (κ1) is 23.3. The number of alkyl halides is 11. The van der Waals surface area contributed by atoms with Gasteiger partial charge in [-0.25, -0.2) is 0 Å². The maximum Gasteiger partial charge on any atom is 0.460 e. The van der Waals surface area contributed by atoms with Crippen LogP contribution in [0, 0.1) is 0 Å². The van der Waals surface area contributed by atoms with Crippen LogP contribution in [0.15, 0.2) is 24.3 Å². The topological polar surface area (TPSA) is 20.2 Å². The second kappa shape index (κ2) is 7.34. The molecule has 0 bridgehead atoms. The molecule has 0 unspecified atom stereocenters. The summed E-state index contributed by atoms with van der Waals surface area (Å²) in [5, 5.41) is 9.03. The van der Waals surface area contributed by atoms with E-state index >= 15 is 0 Å². The molecule has 0 aliphatic rings. The van der Waals surface area contributed by atoms with Gasteiger partial charge in [-0.2, -0.15) is 48.3 Å². The largest absolute Gasteiger partial charge is 0.508 e. The second-order valence-corrected chi connectivity index (χ2v) is 5.80. The lowest BCUT2D eigenvalue weighted by Gasteiger charge is -2.37. The molecule has 0 aliphatic carbocycles. The predicted octanol–water partition coefficient (Wildman–Crippen LogP) is 6.21. The molecule has 0 fully saturated rings. The molecule has 1 N–H and O–H groups in total. The fourth-order valence-electron chi connectivity index (χ4n) is 2.10. The molecule has 0 amide bonds. The molecular formula is C15H13F11O. The highest BCUT2D eigenvalue weighted by Crippen LogP contribution is 2.58. The maximum atomic E-state index is 13.4. The van der Waals surface area contributed by atoms with Gasteiger partial charge in [0.1, 0.15) is 5.75 Å². The van der Waals surface area contributed by atoms with Gasteiger partial charge in [-0.05, 0) is 37.0 Å². The number of hydrogen-bond acceptors (Lipinski definition) is 1. The molecule has 0 aliphatic heterocycles. The van der Waals surface area contributed by atoms with Crippen LogP contribution in [0.5, 0.6) is 5.75 Å². The predicted molar refractivity (Wildman–Crippen MR) is 71.5 cm³/mol. The Morgan fingerprint density at radius 3 is 1.56 bits per heavy atom. The van der Waals surface area contributed by atoms with E-state index in [0.717, 1.165) is 0 Å². The molecule has 1 aromatic rings. The Hall–Kier alpha value is -1.75. The van der Waals surface area contributed by atoms with Crippen molar-refractivity contribution < 1.29 is 53.4 Å². The lowest BCUT2D eigenvalue weighted by atomic mass is 9.94. The number of benzene rings is 1. The molecule has 12 heteroatoms. The summed E-state index contributed by atoms with van der Waals surface area (Å²) in [6.07, 6.45) is -10.3. The minimum atomic E-state index is -7.35. The Morgan fingerprint density at radius 1 is 0.630 bits per heavy atom. The van der Waals surface area contributed by atoms with Gasteiger partial charge in [-0.1, -0.05) is 12.1 Å². The van der Waals surface area contributed by atoms with Gasteiger partial charge < -0.3 is 5.11 Å². The lowest BCUT2D eigenvalue weighted by molar-refractivity contribution is -0.422. The van der Waals surface area contributed by atoms with E-state index in [0.29, 0.717) is 5.56 Å². The summed E-state index contributed by atoms with van der Waals surface area (Å²) in [7, 11) is 0. The van der Waals surface area contributed by atoms with Crippen LogP contribution in [-0.2, 0) is 6.42 Å². The molecule has 1 nitrogen and oxygen atoms in total. The van der Waals surface area contributed by atoms with E-state index in [9.17, 15) is 48.3 Å². The molecule has 0 saturated carbocycles. The van der Waals surface area contributed by atoms with Crippen LogP contribution in [0.3, 0.4) is 0 Å². The van der Waals surface area contributed by atoms with Crippen molar-refractivity contribution in [1.82, 2.24) is 0 Å². The van der Waals surface area contributed by atoms with Crippen molar-refractivity contribution >= 4 is 0 Å². The van der Waals surface area contributed by atoms with Crippen LogP contribution in [0.4, 0.5) is 48.3 Å². The third kappa shape index (κ3) is 4.40. The first-order valence-electron chi connectivity index (χ1n) is 7.33. The standard InChI is InChI=1S/C15H13F11O/c16-11(17,8-2-1-3-9-4-6-10(27)7-5-9)12(18,19)13(20,21)14(22,23)15(24,25)26/h4-7,27H,1-3,8H2. The smallest absolute Gasteiger partial charge is 0.460 e. The van der Waals surface area contributed by atoms with Gasteiger partial charge in [0.05, 0.1) is 0 Å². The number of unbranched alkanes of at least 4 members (excludes halogenated alkanes) is 1. The average molecular weight is 418 g/mol. The van der Waals surface area contributed by atoms with Crippen LogP contribution in [0.25, 0.3) is 0 Å². The van der Waals surface area contributed by atoms with Gasteiger partial charge in [0, 0.05) is 6.42 Å². The molecule has 1 aromatic carbocycles. The highest BCUT2D eigenvalue weighted by Gasteiger charge is 2.86. The van der Waals surface area contributed by atoms with Crippen molar-refractivity contribution in [2.75, 3.05) is 0 Å². The van der Waals surface area contributed by atoms with Gasteiger partial charge in [0.2, 0.25) is 0 Å². The minimum Gasteiger partial charge on any atom is -0.508 e. The Balaban J connectivity index is 2.83. The zero-order valence-corrected chi connectivity index (χ0v) is 13.2. The van der Waals surface area contributed by atoms with Crippen molar-refractivity contribution in [2.24, 2.45) is 0 Å². The zero-order chi connectivity index (χ0) is 21.3. The summed E-state index contributed by atoms with van der Waals surface area (Å²) >= 11 is 0. The van der Waals surface area contributed by atoms with E-state index in [2.05, 4.69) is 0 Å². The molecule has 0 saturated heterocycles. The van der Waals surface area contributed by atoms with Crippen molar-refractivity contribution in [1.29, 1.82) is 0 Å². The number of aromatic hydroxyl groups is 1. The normalized spacial score (nSPS) is 14.5. The fraction of sp³-hybridized carbons (Fsp3) is 0.600. The van der Waals surface area contributed by atoms with Gasteiger partial charge >= 0.3 is 29.9 Å². The number of aryl methyl sites for hydroxylation is 1. The fourth-order valence-corrected chi connectivity index (χ4v) is 2.10. The van der Waals surface area contributed by atoms with Crippen LogP contribution in [0.1, 0.15) is 24.8 Å². The van der Waals surface area contributed by atoms with Gasteiger partial charge in [-0.3, -0.25) is 0 Å². The van der Waals surface area contributed by atoms with Crippen molar-refractivity contribution in [2.45, 2.75) is 55.5 Å². The molecule has 27 heavy (non-hydrogen) atoms. The van der Waals surface area contributed by atoms with E-state index in [1.54, 1.807) is 0 Å². The first-order chi connectivity index (χ1) is 12.0. The number of halogens is 11. The van der Waals surface area contributed by atoms with Gasteiger partial charge in [-0.15, -0.1) is 0 Å². The molecule has 0 radical (unpaired) electrons. The maximum absolute atomic E-state index is 13.4. The first-order valence-corrected chi connectivity index (χ1v) is 7.33. The monoisotopic (exact) mass is 418 g/mol. The van der Waals surface area contributed by atoms with E-state index in [-0.39, 0.29) is 18.6 Å². The highest BCUT2D eigenvalue weighted by atomic mass is 19.4. The van der Waals surface area contributed by atoms with Crippen LogP contribution >= 0.6 is 0 Å². The Labute approximate surface area is 145 Å². The summed E-state index contributed by atoms with van der Waals surface area (Å²) in [6.45, 7) is 0. The summed E-state index contributed by atoms with van der Waals surface area (Å²) in [4.78, 5) is 0. The summed E-state index contributed by atoms with van der Waals surface area (Å²) in [5.74, 6) is -27.5. The zero-order valence-electron chi connectivity index (χ0n) is 13.2. The van der Waals surface area contributed by atoms with Gasteiger partial charge in [0.15, 0.2) is 0 Å². The number of hydrogen-bond donors (Lipinski definition) is 1. The van der Waals surface area contributed by atoms with E-state index in [1.165, 1.54) is 24.3 Å². The Morgan fingerprint density at radius 2 is 1.11 bits per heavy atom.